The van der Waals surface area contributed by atoms with Crippen LogP contribution in [0.5, 0.6) is 0 Å². The molecule has 0 bridgehead atoms. The molecule has 27 heavy (non-hydrogen) atoms. The second-order valence-electron chi connectivity index (χ2n) is 6.93. The van der Waals surface area contributed by atoms with Crippen molar-refractivity contribution in [2.75, 3.05) is 6.61 Å². The molecular weight excluding hydrogens is 342 g/mol. The highest BCUT2D eigenvalue weighted by Crippen LogP contribution is 2.23. The largest absolute Gasteiger partial charge is 0.456 e. The molecule has 5 heteroatoms. The molecule has 0 aliphatic heterocycles. The summed E-state index contributed by atoms with van der Waals surface area (Å²) in [5.74, 6) is -1.23. The van der Waals surface area contributed by atoms with Crippen molar-refractivity contribution in [1.29, 1.82) is 0 Å². The highest BCUT2D eigenvalue weighted by molar-refractivity contribution is 5.99. The monoisotopic (exact) mass is 365 g/mol. The number of fused-ring (bicyclic) bond motifs is 1. The molecule has 0 radical (unpaired) electrons. The summed E-state index contributed by atoms with van der Waals surface area (Å²) in [7, 11) is 0. The van der Waals surface area contributed by atoms with Crippen molar-refractivity contribution in [3.8, 4) is 0 Å². The van der Waals surface area contributed by atoms with Gasteiger partial charge < -0.3 is 10.1 Å². The number of hydrogen-bond donors (Lipinski definition) is 1. The third kappa shape index (κ3) is 4.61. The highest BCUT2D eigenvalue weighted by atomic mass is 16.5. The van der Waals surface area contributed by atoms with Gasteiger partial charge in [0, 0.05) is 11.1 Å². The number of esters is 1. The Hall–Kier alpha value is -2.95. The number of nitrogens with one attached hydrogen (secondary N) is 1. The van der Waals surface area contributed by atoms with Gasteiger partial charge >= 0.3 is 5.97 Å². The molecule has 1 atom stereocenters. The van der Waals surface area contributed by atoms with Crippen LogP contribution in [0.4, 0.5) is 0 Å². The third-order valence-corrected chi connectivity index (χ3v) is 4.75. The van der Waals surface area contributed by atoms with Crippen molar-refractivity contribution in [3.63, 3.8) is 0 Å². The number of Topliss-reactive ketones (excluding diaryl/α,β-unsaturated/α-hetero) is 1. The Kier molecular flexibility index (Phi) is 5.69. The van der Waals surface area contributed by atoms with E-state index in [2.05, 4.69) is 5.32 Å². The highest BCUT2D eigenvalue weighted by Gasteiger charge is 2.20. The smallest absolute Gasteiger partial charge is 0.328 e. The van der Waals surface area contributed by atoms with Crippen molar-refractivity contribution in [3.05, 3.63) is 70.3 Å². The minimum Gasteiger partial charge on any atom is -0.456 e. The number of hydrogen-bond acceptors (Lipinski definition) is 4. The topological polar surface area (TPSA) is 72.5 Å². The average molecular weight is 365 g/mol. The van der Waals surface area contributed by atoms with E-state index in [0.29, 0.717) is 11.1 Å². The molecule has 5 nitrogen and oxygen atoms in total. The molecule has 0 saturated carbocycles. The average Bonchev–Trinajstić information content (AvgIpc) is 3.13. The van der Waals surface area contributed by atoms with E-state index >= 15 is 0 Å². The molecule has 140 valence electrons. The van der Waals surface area contributed by atoms with Crippen LogP contribution >= 0.6 is 0 Å². The van der Waals surface area contributed by atoms with Gasteiger partial charge in [0.15, 0.2) is 12.4 Å². The molecule has 2 aromatic carbocycles. The molecule has 0 unspecified atom stereocenters. The molecule has 1 aliphatic carbocycles. The fraction of sp³-hybridized carbons (Fsp3) is 0.318. The molecule has 1 amide bonds. The summed E-state index contributed by atoms with van der Waals surface area (Å²) >= 11 is 0. The van der Waals surface area contributed by atoms with Crippen LogP contribution in [-0.2, 0) is 22.4 Å². The first-order valence-electron chi connectivity index (χ1n) is 9.13. The maximum atomic E-state index is 12.3. The molecule has 0 aromatic heterocycles. The van der Waals surface area contributed by atoms with E-state index in [1.54, 1.807) is 24.3 Å². The van der Waals surface area contributed by atoms with E-state index in [0.717, 1.165) is 24.8 Å². The lowest BCUT2D eigenvalue weighted by atomic mass is 10.0. The van der Waals surface area contributed by atoms with Gasteiger partial charge in [0.1, 0.15) is 6.04 Å². The van der Waals surface area contributed by atoms with E-state index in [1.807, 2.05) is 25.1 Å². The Labute approximate surface area is 158 Å². The first-order chi connectivity index (χ1) is 12.9. The maximum absolute atomic E-state index is 12.3. The van der Waals surface area contributed by atoms with Gasteiger partial charge in [0.25, 0.3) is 5.91 Å². The first kappa shape index (κ1) is 18.8. The summed E-state index contributed by atoms with van der Waals surface area (Å²) in [6, 6.07) is 11.9. The van der Waals surface area contributed by atoms with E-state index in [4.69, 9.17) is 4.74 Å². The second-order valence-corrected chi connectivity index (χ2v) is 6.93. The zero-order chi connectivity index (χ0) is 19.4. The normalized spacial score (nSPS) is 13.6. The lowest BCUT2D eigenvalue weighted by Gasteiger charge is -2.13. The Morgan fingerprint density at radius 2 is 1.81 bits per heavy atom. The molecule has 1 N–H and O–H groups in total. The molecule has 1 aliphatic rings. The Morgan fingerprint density at radius 1 is 1.04 bits per heavy atom. The molecule has 0 spiro atoms. The Bertz CT molecular complexity index is 888. The SMILES string of the molecule is Cc1cccc(C(=O)N[C@@H](C)C(=O)OCC(=O)c2ccc3c(c2)CCC3)c1. The van der Waals surface area contributed by atoms with Crippen molar-refractivity contribution >= 4 is 17.7 Å². The van der Waals surface area contributed by atoms with Crippen molar-refractivity contribution < 1.29 is 19.1 Å². The van der Waals surface area contributed by atoms with Crippen LogP contribution in [0.15, 0.2) is 42.5 Å². The fourth-order valence-corrected chi connectivity index (χ4v) is 3.22. The van der Waals surface area contributed by atoms with Crippen LogP contribution in [0, 0.1) is 6.92 Å². The lowest BCUT2D eigenvalue weighted by molar-refractivity contribution is -0.144. The minimum atomic E-state index is -0.842. The van der Waals surface area contributed by atoms with Crippen molar-refractivity contribution in [2.45, 2.75) is 39.2 Å². The fourth-order valence-electron chi connectivity index (χ4n) is 3.22. The summed E-state index contributed by atoms with van der Waals surface area (Å²) in [6.07, 6.45) is 3.15. The number of benzene rings is 2. The van der Waals surface area contributed by atoms with E-state index in [9.17, 15) is 14.4 Å². The molecule has 3 rings (SSSR count). The van der Waals surface area contributed by atoms with Gasteiger partial charge in [-0.2, -0.15) is 0 Å². The van der Waals surface area contributed by atoms with Crippen LogP contribution in [-0.4, -0.2) is 30.3 Å². The number of ether oxygens (including phenoxy) is 1. The number of ketones is 1. The standard InChI is InChI=1S/C22H23NO4/c1-14-5-3-8-19(11-14)21(25)23-15(2)22(26)27-13-20(24)18-10-9-16-6-4-7-17(16)12-18/h3,5,8-12,15H,4,6-7,13H2,1-2H3,(H,23,25)/t15-/m0/s1. The minimum absolute atomic E-state index is 0.240. The number of carbonyl (C=O) groups excluding carboxylic acids is 3. The summed E-state index contributed by atoms with van der Waals surface area (Å²) in [5, 5.41) is 2.60. The predicted molar refractivity (Wildman–Crippen MR) is 102 cm³/mol. The van der Waals surface area contributed by atoms with Crippen LogP contribution in [0.3, 0.4) is 0 Å². The number of amides is 1. The predicted octanol–water partition coefficient (Wildman–Crippen LogP) is 3.03. The van der Waals surface area contributed by atoms with Crippen LogP contribution in [0.25, 0.3) is 0 Å². The van der Waals surface area contributed by atoms with Gasteiger partial charge in [-0.25, -0.2) is 4.79 Å². The molecule has 0 heterocycles. The lowest BCUT2D eigenvalue weighted by Crippen LogP contribution is -2.40. The molecule has 2 aromatic rings. The summed E-state index contributed by atoms with van der Waals surface area (Å²) < 4.78 is 5.10. The van der Waals surface area contributed by atoms with Gasteiger partial charge in [0.05, 0.1) is 0 Å². The number of aryl methyl sites for hydroxylation is 3. The zero-order valence-electron chi connectivity index (χ0n) is 15.6. The number of rotatable bonds is 6. The maximum Gasteiger partial charge on any atom is 0.328 e. The van der Waals surface area contributed by atoms with Crippen LogP contribution in [0.1, 0.15) is 50.8 Å². The quantitative estimate of drug-likeness (QED) is 0.631. The van der Waals surface area contributed by atoms with Gasteiger partial charge in [-0.3, -0.25) is 9.59 Å². The van der Waals surface area contributed by atoms with Crippen LogP contribution in [0.2, 0.25) is 0 Å². The van der Waals surface area contributed by atoms with E-state index in [1.165, 1.54) is 18.1 Å². The zero-order valence-corrected chi connectivity index (χ0v) is 15.6. The summed E-state index contributed by atoms with van der Waals surface area (Å²) in [5.41, 5.74) is 4.48. The summed E-state index contributed by atoms with van der Waals surface area (Å²) in [4.78, 5) is 36.6. The van der Waals surface area contributed by atoms with Crippen molar-refractivity contribution in [1.82, 2.24) is 5.32 Å². The van der Waals surface area contributed by atoms with Crippen LogP contribution < -0.4 is 5.32 Å². The molecule has 0 saturated heterocycles. The van der Waals surface area contributed by atoms with E-state index < -0.39 is 12.0 Å². The van der Waals surface area contributed by atoms with Gasteiger partial charge in [-0.1, -0.05) is 29.8 Å². The Morgan fingerprint density at radius 3 is 2.59 bits per heavy atom. The molecule has 0 fully saturated rings. The third-order valence-electron chi connectivity index (χ3n) is 4.75. The van der Waals surface area contributed by atoms with Gasteiger partial charge in [0.2, 0.25) is 0 Å². The number of carbonyl (C=O) groups is 3. The Balaban J connectivity index is 1.52. The summed E-state index contributed by atoms with van der Waals surface area (Å²) in [6.45, 7) is 3.09. The second kappa shape index (κ2) is 8.16. The van der Waals surface area contributed by atoms with E-state index in [-0.39, 0.29) is 18.3 Å². The molecular formula is C22H23NO4. The van der Waals surface area contributed by atoms with Crippen molar-refractivity contribution in [2.24, 2.45) is 0 Å². The van der Waals surface area contributed by atoms with Gasteiger partial charge in [-0.05, 0) is 62.4 Å². The van der Waals surface area contributed by atoms with Gasteiger partial charge in [-0.15, -0.1) is 0 Å². The first-order valence-corrected chi connectivity index (χ1v) is 9.13.